The average molecular weight is 457 g/mol. The second-order valence-corrected chi connectivity index (χ2v) is 7.99. The molecule has 3 aromatic carbocycles. The molecule has 7 nitrogen and oxygen atoms in total. The number of benzene rings is 3. The number of rotatable bonds is 6. The van der Waals surface area contributed by atoms with Gasteiger partial charge in [0, 0.05) is 17.3 Å². The summed E-state index contributed by atoms with van der Waals surface area (Å²) in [6, 6.07) is 20.3. The molecule has 34 heavy (non-hydrogen) atoms. The Labute approximate surface area is 196 Å². The molecule has 2 aliphatic rings. The highest BCUT2D eigenvalue weighted by atomic mass is 16.7. The van der Waals surface area contributed by atoms with Crippen molar-refractivity contribution < 1.29 is 28.9 Å². The number of carbonyl (C=O) groups is 2. The lowest BCUT2D eigenvalue weighted by atomic mass is 9.95. The molecule has 1 N–H and O–H groups in total. The predicted molar refractivity (Wildman–Crippen MR) is 126 cm³/mol. The van der Waals surface area contributed by atoms with Gasteiger partial charge in [0.15, 0.2) is 11.5 Å². The third kappa shape index (κ3) is 3.75. The second kappa shape index (κ2) is 8.94. The second-order valence-electron chi connectivity index (χ2n) is 7.99. The van der Waals surface area contributed by atoms with E-state index in [-0.39, 0.29) is 18.1 Å². The highest BCUT2D eigenvalue weighted by molar-refractivity contribution is 6.51. The summed E-state index contributed by atoms with van der Waals surface area (Å²) in [4.78, 5) is 28.0. The van der Waals surface area contributed by atoms with Gasteiger partial charge in [0.1, 0.15) is 11.5 Å². The molecule has 1 atom stereocenters. The van der Waals surface area contributed by atoms with Crippen molar-refractivity contribution in [3.05, 3.63) is 89.5 Å². The minimum absolute atomic E-state index is 0.0153. The van der Waals surface area contributed by atoms with Crippen LogP contribution in [-0.2, 0) is 9.59 Å². The zero-order chi connectivity index (χ0) is 23.7. The van der Waals surface area contributed by atoms with Crippen LogP contribution < -0.4 is 19.1 Å². The third-order valence-corrected chi connectivity index (χ3v) is 5.77. The van der Waals surface area contributed by atoms with Gasteiger partial charge in [0.05, 0.1) is 18.2 Å². The SMILES string of the molecule is CCCOc1cccc(/C(O)=C2\C(=O)C(=O)N(c3ccc4c(c3)OCO4)C2c2ccccc2)c1. The van der Waals surface area contributed by atoms with Crippen molar-refractivity contribution in [3.63, 3.8) is 0 Å². The van der Waals surface area contributed by atoms with Crippen LogP contribution >= 0.6 is 0 Å². The maximum Gasteiger partial charge on any atom is 0.300 e. The number of Topliss-reactive ketones (excluding diaryl/α,β-unsaturated/α-hetero) is 1. The van der Waals surface area contributed by atoms with Crippen molar-refractivity contribution in [1.82, 2.24) is 0 Å². The Bertz CT molecular complexity index is 1280. The first-order valence-electron chi connectivity index (χ1n) is 11.1. The lowest BCUT2D eigenvalue weighted by molar-refractivity contribution is -0.132. The summed E-state index contributed by atoms with van der Waals surface area (Å²) in [5.74, 6) is -0.103. The van der Waals surface area contributed by atoms with Crippen LogP contribution in [0, 0.1) is 0 Å². The molecule has 2 aliphatic heterocycles. The molecule has 0 aromatic heterocycles. The van der Waals surface area contributed by atoms with Crippen LogP contribution in [-0.4, -0.2) is 30.2 Å². The van der Waals surface area contributed by atoms with Crippen LogP contribution in [0.1, 0.15) is 30.5 Å². The van der Waals surface area contributed by atoms with E-state index in [1.807, 2.05) is 37.3 Å². The summed E-state index contributed by atoms with van der Waals surface area (Å²) in [7, 11) is 0. The van der Waals surface area contributed by atoms with Crippen molar-refractivity contribution in [1.29, 1.82) is 0 Å². The van der Waals surface area contributed by atoms with E-state index in [0.29, 0.717) is 40.7 Å². The van der Waals surface area contributed by atoms with Gasteiger partial charge in [-0.3, -0.25) is 14.5 Å². The summed E-state index contributed by atoms with van der Waals surface area (Å²) in [5.41, 5.74) is 1.58. The largest absolute Gasteiger partial charge is 0.507 e. The van der Waals surface area contributed by atoms with Gasteiger partial charge in [0.2, 0.25) is 6.79 Å². The maximum atomic E-state index is 13.3. The number of ether oxygens (including phenoxy) is 3. The van der Waals surface area contributed by atoms with Crippen LogP contribution in [0.4, 0.5) is 5.69 Å². The Morgan fingerprint density at radius 2 is 1.79 bits per heavy atom. The summed E-state index contributed by atoms with van der Waals surface area (Å²) >= 11 is 0. The number of amides is 1. The topological polar surface area (TPSA) is 85.3 Å². The molecular weight excluding hydrogens is 434 g/mol. The first-order valence-corrected chi connectivity index (χ1v) is 11.1. The smallest absolute Gasteiger partial charge is 0.300 e. The molecule has 0 radical (unpaired) electrons. The Morgan fingerprint density at radius 3 is 2.59 bits per heavy atom. The summed E-state index contributed by atoms with van der Waals surface area (Å²) in [5, 5.41) is 11.3. The number of carbonyl (C=O) groups excluding carboxylic acids is 2. The van der Waals surface area contributed by atoms with Gasteiger partial charge in [-0.25, -0.2) is 0 Å². The molecule has 0 aliphatic carbocycles. The molecule has 2 heterocycles. The average Bonchev–Trinajstić information content (AvgIpc) is 3.45. The van der Waals surface area contributed by atoms with Gasteiger partial charge in [-0.2, -0.15) is 0 Å². The quantitative estimate of drug-likeness (QED) is 0.324. The zero-order valence-corrected chi connectivity index (χ0v) is 18.6. The predicted octanol–water partition coefficient (Wildman–Crippen LogP) is 4.83. The van der Waals surface area contributed by atoms with Crippen LogP contribution in [0.15, 0.2) is 78.4 Å². The van der Waals surface area contributed by atoms with E-state index in [4.69, 9.17) is 14.2 Å². The number of aliphatic hydroxyl groups excluding tert-OH is 1. The molecule has 0 bridgehead atoms. The van der Waals surface area contributed by atoms with Gasteiger partial charge >= 0.3 is 0 Å². The number of aliphatic hydroxyl groups is 1. The van der Waals surface area contributed by atoms with Crippen molar-refractivity contribution in [3.8, 4) is 17.2 Å². The number of hydrogen-bond acceptors (Lipinski definition) is 6. The number of anilines is 1. The van der Waals surface area contributed by atoms with Crippen LogP contribution in [0.25, 0.3) is 5.76 Å². The highest BCUT2D eigenvalue weighted by Crippen LogP contribution is 2.44. The molecule has 3 aromatic rings. The monoisotopic (exact) mass is 457 g/mol. The van der Waals surface area contributed by atoms with Crippen LogP contribution in [0.2, 0.25) is 0 Å². The van der Waals surface area contributed by atoms with E-state index in [1.54, 1.807) is 42.5 Å². The summed E-state index contributed by atoms with van der Waals surface area (Å²) < 4.78 is 16.5. The fourth-order valence-electron chi connectivity index (χ4n) is 4.19. The van der Waals surface area contributed by atoms with Crippen LogP contribution in [0.3, 0.4) is 0 Å². The first-order chi connectivity index (χ1) is 16.6. The third-order valence-electron chi connectivity index (χ3n) is 5.77. The van der Waals surface area contributed by atoms with Crippen LogP contribution in [0.5, 0.6) is 17.2 Å². The number of nitrogens with zero attached hydrogens (tertiary/aromatic N) is 1. The van der Waals surface area contributed by atoms with E-state index in [1.165, 1.54) is 4.90 Å². The first kappa shape index (κ1) is 21.6. The van der Waals surface area contributed by atoms with E-state index in [9.17, 15) is 14.7 Å². The van der Waals surface area contributed by atoms with Gasteiger partial charge in [0.25, 0.3) is 11.7 Å². The van der Waals surface area contributed by atoms with E-state index < -0.39 is 17.7 Å². The fraction of sp³-hybridized carbons (Fsp3) is 0.185. The molecule has 172 valence electrons. The summed E-state index contributed by atoms with van der Waals surface area (Å²) in [6.07, 6.45) is 0.838. The standard InChI is InChI=1S/C27H23NO6/c1-2-13-32-20-10-6-9-18(14-20)25(29)23-24(17-7-4-3-5-8-17)28(27(31)26(23)30)19-11-12-21-22(15-19)34-16-33-21/h3-12,14-15,24,29H,2,13,16H2,1H3/b25-23+. The molecule has 1 amide bonds. The normalized spacial score (nSPS) is 18.4. The molecule has 1 unspecified atom stereocenters. The molecule has 7 heteroatoms. The van der Waals surface area contributed by atoms with E-state index >= 15 is 0 Å². The Balaban J connectivity index is 1.64. The maximum absolute atomic E-state index is 13.3. The number of fused-ring (bicyclic) bond motifs is 1. The lowest BCUT2D eigenvalue weighted by Gasteiger charge is -2.25. The molecule has 1 saturated heterocycles. The Kier molecular flexibility index (Phi) is 5.67. The van der Waals surface area contributed by atoms with Crippen molar-refractivity contribution in [2.45, 2.75) is 19.4 Å². The molecular formula is C27H23NO6. The minimum atomic E-state index is -0.818. The highest BCUT2D eigenvalue weighted by Gasteiger charge is 2.47. The Hall–Kier alpha value is -4.26. The summed E-state index contributed by atoms with van der Waals surface area (Å²) in [6.45, 7) is 2.63. The molecule has 0 saturated carbocycles. The molecule has 5 rings (SSSR count). The molecule has 1 fully saturated rings. The van der Waals surface area contributed by atoms with E-state index in [2.05, 4.69) is 0 Å². The van der Waals surface area contributed by atoms with Gasteiger partial charge in [-0.15, -0.1) is 0 Å². The lowest BCUT2D eigenvalue weighted by Crippen LogP contribution is -2.29. The minimum Gasteiger partial charge on any atom is -0.507 e. The van der Waals surface area contributed by atoms with Gasteiger partial charge in [-0.05, 0) is 36.2 Å². The molecule has 0 spiro atoms. The van der Waals surface area contributed by atoms with Crippen molar-refractivity contribution >= 4 is 23.1 Å². The van der Waals surface area contributed by atoms with Crippen molar-refractivity contribution in [2.75, 3.05) is 18.3 Å². The number of ketones is 1. The fourth-order valence-corrected chi connectivity index (χ4v) is 4.19. The zero-order valence-electron chi connectivity index (χ0n) is 18.6. The Morgan fingerprint density at radius 1 is 1.00 bits per heavy atom. The number of hydrogen-bond donors (Lipinski definition) is 1. The van der Waals surface area contributed by atoms with E-state index in [0.717, 1.165) is 6.42 Å². The van der Waals surface area contributed by atoms with Gasteiger partial charge in [-0.1, -0.05) is 49.4 Å². The van der Waals surface area contributed by atoms with Crippen molar-refractivity contribution in [2.24, 2.45) is 0 Å². The van der Waals surface area contributed by atoms with Gasteiger partial charge < -0.3 is 19.3 Å².